The van der Waals surface area contributed by atoms with Crippen LogP contribution in [-0.4, -0.2) is 109 Å². The zero-order valence-corrected chi connectivity index (χ0v) is 31.1. The molecule has 272 valence electrons. The summed E-state index contributed by atoms with van der Waals surface area (Å²) in [6.07, 6.45) is -1.000. The lowest BCUT2D eigenvalue weighted by atomic mass is 10.2. The van der Waals surface area contributed by atoms with Gasteiger partial charge >= 0.3 is 12.2 Å². The average molecular weight is 693 g/mol. The van der Waals surface area contributed by atoms with Crippen molar-refractivity contribution in [2.24, 2.45) is 20.0 Å². The minimum atomic E-state index is -0.580. The summed E-state index contributed by atoms with van der Waals surface area (Å²) in [4.78, 5) is 52.6. The second-order valence-corrected chi connectivity index (χ2v) is 13.6. The van der Waals surface area contributed by atoms with Gasteiger partial charge in [-0.2, -0.15) is 0 Å². The highest BCUT2D eigenvalue weighted by molar-refractivity contribution is 6.02. The maximum atomic E-state index is 12.0. The van der Waals surface area contributed by atoms with Crippen molar-refractivity contribution in [3.63, 3.8) is 0 Å². The summed E-state index contributed by atoms with van der Waals surface area (Å²) in [7, 11) is 0. The Morgan fingerprint density at radius 3 is 1.10 bits per heavy atom. The molecule has 0 spiro atoms. The highest BCUT2D eigenvalue weighted by atomic mass is 16.6. The van der Waals surface area contributed by atoms with Crippen molar-refractivity contribution in [3.05, 3.63) is 47.0 Å². The van der Waals surface area contributed by atoms with E-state index in [0.717, 1.165) is 22.8 Å². The summed E-state index contributed by atoms with van der Waals surface area (Å²) < 4.78 is 22.6. The molecule has 0 saturated carbocycles. The van der Waals surface area contributed by atoms with E-state index < -0.39 is 23.4 Å². The van der Waals surface area contributed by atoms with E-state index in [1.165, 1.54) is 0 Å². The maximum Gasteiger partial charge on any atom is 0.407 e. The van der Waals surface area contributed by atoms with Gasteiger partial charge in [0, 0.05) is 24.3 Å². The van der Waals surface area contributed by atoms with Crippen LogP contribution in [0.1, 0.15) is 92.0 Å². The first-order valence-corrected chi connectivity index (χ1v) is 16.8. The number of hydrogen-bond donors (Lipinski definition) is 2. The minimum absolute atomic E-state index is 0.237. The van der Waals surface area contributed by atoms with E-state index in [4.69, 9.17) is 48.9 Å². The molecule has 0 radical (unpaired) electrons. The van der Waals surface area contributed by atoms with Gasteiger partial charge in [0.1, 0.15) is 35.9 Å². The highest BCUT2D eigenvalue weighted by Crippen LogP contribution is 2.18. The van der Waals surface area contributed by atoms with Gasteiger partial charge in [-0.25, -0.2) is 19.6 Å². The zero-order valence-electron chi connectivity index (χ0n) is 31.1. The minimum Gasteiger partial charge on any atom is -0.492 e. The normalized spacial score (nSPS) is 14.4. The van der Waals surface area contributed by atoms with E-state index in [1.807, 2.05) is 93.5 Å². The molecule has 3 rings (SSSR count). The number of aromatic nitrogens is 2. The number of hydrogen-bond acceptors (Lipinski definition) is 12. The van der Waals surface area contributed by atoms with E-state index in [9.17, 15) is 9.59 Å². The van der Waals surface area contributed by atoms with Crippen LogP contribution in [0.25, 0.3) is 0 Å². The molecule has 2 N–H and O–H groups in total. The fraction of sp³-hybridized carbons (Fsp3) is 0.556. The molecule has 0 unspecified atom stereocenters. The molecule has 2 aromatic rings. The van der Waals surface area contributed by atoms with Gasteiger partial charge in [-0.3, -0.25) is 20.0 Å². The monoisotopic (exact) mass is 692 g/mol. The number of alkyl carbamates (subject to hydrolysis) is 2. The summed E-state index contributed by atoms with van der Waals surface area (Å²) in [6, 6.07) is 7.29. The molecule has 4 bridgehead atoms. The van der Waals surface area contributed by atoms with Gasteiger partial charge in [0.05, 0.1) is 84.9 Å². The number of amides is 2. The summed E-state index contributed by atoms with van der Waals surface area (Å²) in [5.74, 6) is 1.17. The number of rotatable bonds is 8. The van der Waals surface area contributed by atoms with Crippen LogP contribution >= 0.6 is 0 Å². The molecule has 3 heterocycles. The van der Waals surface area contributed by atoms with Crippen molar-refractivity contribution < 1.29 is 28.5 Å². The first kappa shape index (κ1) is 39.6. The standard InChI is InChI=1S/C36H52N8O6/c1-23-29-19-27(47-17-15-41-33(45)49-35(5,6)7)20-30(43-29)24(2)39-13-14-40-26(4)32-22-28(21-31(44-32)25(3)38-12-11-37-23)48-18-16-42-34(46)50-36(8,9)10/h19-22H,11-18H2,1-10H3,(H,41,45)(H,42,46). The molecule has 0 aromatic carbocycles. The van der Waals surface area contributed by atoms with Crippen LogP contribution in [0.3, 0.4) is 0 Å². The first-order valence-electron chi connectivity index (χ1n) is 16.8. The molecule has 0 aliphatic carbocycles. The third-order valence-corrected chi connectivity index (χ3v) is 6.75. The third-order valence-electron chi connectivity index (χ3n) is 6.75. The molecule has 1 aliphatic rings. The van der Waals surface area contributed by atoms with Crippen molar-refractivity contribution in [1.29, 1.82) is 0 Å². The Balaban J connectivity index is 1.79. The third kappa shape index (κ3) is 14.3. The summed E-state index contributed by atoms with van der Waals surface area (Å²) >= 11 is 0. The number of carbonyl (C=O) groups is 2. The smallest absolute Gasteiger partial charge is 0.407 e. The summed E-state index contributed by atoms with van der Waals surface area (Å²) in [5.41, 5.74) is 4.34. The van der Waals surface area contributed by atoms with Gasteiger partial charge in [0.2, 0.25) is 0 Å². The predicted molar refractivity (Wildman–Crippen MR) is 196 cm³/mol. The van der Waals surface area contributed by atoms with Crippen molar-refractivity contribution in [2.45, 2.75) is 80.4 Å². The van der Waals surface area contributed by atoms with Gasteiger partial charge in [-0.05, 0) is 69.2 Å². The van der Waals surface area contributed by atoms with Gasteiger partial charge in [0.15, 0.2) is 0 Å². The van der Waals surface area contributed by atoms with Crippen LogP contribution in [0.2, 0.25) is 0 Å². The fourth-order valence-electron chi connectivity index (χ4n) is 4.39. The van der Waals surface area contributed by atoms with E-state index in [2.05, 4.69) is 10.6 Å². The van der Waals surface area contributed by atoms with E-state index >= 15 is 0 Å². The molecule has 14 heteroatoms. The SMILES string of the molecule is CC1=NCCN=C(C)c2cc(OCCNC(=O)OC(C)(C)C)cc(n2)C(C)=NCCN=C(C)c2cc(OCCNC(=O)OC(C)(C)C)cc1n2. The topological polar surface area (TPSA) is 170 Å². The lowest BCUT2D eigenvalue weighted by Gasteiger charge is -2.19. The molecule has 0 saturated heterocycles. The summed E-state index contributed by atoms with van der Waals surface area (Å²) in [5, 5.41) is 5.41. The van der Waals surface area contributed by atoms with Gasteiger partial charge in [-0.1, -0.05) is 0 Å². The molecule has 14 nitrogen and oxygen atoms in total. The van der Waals surface area contributed by atoms with Crippen LogP contribution < -0.4 is 20.1 Å². The molecule has 2 amide bonds. The number of ether oxygens (including phenoxy) is 4. The van der Waals surface area contributed by atoms with Crippen LogP contribution in [-0.2, 0) is 9.47 Å². The molecule has 1 aliphatic heterocycles. The zero-order chi connectivity index (χ0) is 36.9. The number of pyridine rings is 2. The predicted octanol–water partition coefficient (Wildman–Crippen LogP) is 5.23. The number of nitrogens with one attached hydrogen (secondary N) is 2. The number of fused-ring (bicyclic) bond motifs is 4. The average Bonchev–Trinajstić information content (AvgIpc) is 3.02. The second kappa shape index (κ2) is 18.2. The number of nitrogens with zero attached hydrogens (tertiary/aromatic N) is 6. The fourth-order valence-corrected chi connectivity index (χ4v) is 4.39. The van der Waals surface area contributed by atoms with E-state index in [1.54, 1.807) is 0 Å². The second-order valence-electron chi connectivity index (χ2n) is 13.6. The van der Waals surface area contributed by atoms with E-state index in [-0.39, 0.29) is 26.3 Å². The first-order chi connectivity index (χ1) is 23.5. The van der Waals surface area contributed by atoms with Crippen LogP contribution in [0.4, 0.5) is 9.59 Å². The number of aliphatic imine (C=N–C) groups is 4. The molecule has 2 aromatic heterocycles. The Kier molecular flexibility index (Phi) is 14.4. The Bertz CT molecular complexity index is 1420. The quantitative estimate of drug-likeness (QED) is 0.354. The van der Waals surface area contributed by atoms with Crippen molar-refractivity contribution in [1.82, 2.24) is 20.6 Å². The Morgan fingerprint density at radius 1 is 0.560 bits per heavy atom. The van der Waals surface area contributed by atoms with Crippen molar-refractivity contribution in [2.75, 3.05) is 52.5 Å². The van der Waals surface area contributed by atoms with Gasteiger partial charge in [-0.15, -0.1) is 0 Å². The van der Waals surface area contributed by atoms with Crippen molar-refractivity contribution >= 4 is 35.0 Å². The van der Waals surface area contributed by atoms with Crippen LogP contribution in [0.15, 0.2) is 44.2 Å². The molecule has 50 heavy (non-hydrogen) atoms. The molecule has 0 fully saturated rings. The van der Waals surface area contributed by atoms with E-state index in [0.29, 0.717) is 60.5 Å². The lowest BCUT2D eigenvalue weighted by Crippen LogP contribution is -2.34. The molecular weight excluding hydrogens is 640 g/mol. The van der Waals surface area contributed by atoms with Crippen LogP contribution in [0, 0.1) is 0 Å². The Hall–Kier alpha value is -4.88. The van der Waals surface area contributed by atoms with Gasteiger partial charge in [0.25, 0.3) is 0 Å². The largest absolute Gasteiger partial charge is 0.492 e. The molecule has 0 atom stereocenters. The lowest BCUT2D eigenvalue weighted by molar-refractivity contribution is 0.0509. The van der Waals surface area contributed by atoms with Crippen LogP contribution in [0.5, 0.6) is 11.5 Å². The molecular formula is C36H52N8O6. The Morgan fingerprint density at radius 2 is 0.840 bits per heavy atom. The van der Waals surface area contributed by atoms with Gasteiger partial charge < -0.3 is 29.6 Å². The number of carbonyl (C=O) groups excluding carboxylic acids is 2. The summed E-state index contributed by atoms with van der Waals surface area (Å²) in [6.45, 7) is 21.2. The Labute approximate surface area is 295 Å². The highest BCUT2D eigenvalue weighted by Gasteiger charge is 2.17. The van der Waals surface area contributed by atoms with Crippen molar-refractivity contribution in [3.8, 4) is 11.5 Å². The maximum absolute atomic E-state index is 12.0.